The van der Waals surface area contributed by atoms with E-state index < -0.39 is 0 Å². The fourth-order valence-corrected chi connectivity index (χ4v) is 1.25. The Morgan fingerprint density at radius 3 is 2.64 bits per heavy atom. The van der Waals surface area contributed by atoms with Crippen LogP contribution in [-0.2, 0) is 4.74 Å². The fraction of sp³-hybridized carbons (Fsp3) is 0.500. The van der Waals surface area contributed by atoms with Crippen LogP contribution in [0, 0.1) is 13.8 Å². The first-order chi connectivity index (χ1) is 6.59. The molecule has 1 saturated heterocycles. The normalized spacial score (nSPS) is 24.8. The molecule has 1 aromatic rings. The summed E-state index contributed by atoms with van der Waals surface area (Å²) in [5.74, 6) is 0.935. The second-order valence-electron chi connectivity index (χ2n) is 4.27. The zero-order valence-electron chi connectivity index (χ0n) is 8.96. The molecule has 1 unspecified atom stereocenters. The zero-order valence-corrected chi connectivity index (χ0v) is 8.96. The molecule has 2 heteroatoms. The lowest BCUT2D eigenvalue weighted by molar-refractivity contribution is 0.202. The largest absolute Gasteiger partial charge is 0.490 e. The molecule has 1 fully saturated rings. The maximum absolute atomic E-state index is 5.64. The Morgan fingerprint density at radius 1 is 1.36 bits per heavy atom. The summed E-state index contributed by atoms with van der Waals surface area (Å²) in [7, 11) is 0. The molecule has 1 aliphatic rings. The molecule has 0 N–H and O–H groups in total. The van der Waals surface area contributed by atoms with Gasteiger partial charge in [-0.05, 0) is 44.0 Å². The van der Waals surface area contributed by atoms with Crippen LogP contribution >= 0.6 is 0 Å². The Bertz CT molecular complexity index is 340. The summed E-state index contributed by atoms with van der Waals surface area (Å²) in [6.45, 7) is 7.73. The molecule has 2 rings (SSSR count). The number of benzene rings is 1. The van der Waals surface area contributed by atoms with Crippen LogP contribution in [-0.4, -0.2) is 18.8 Å². The average Bonchev–Trinajstić information content (AvgIpc) is 2.87. The molecular weight excluding hydrogens is 176 g/mol. The van der Waals surface area contributed by atoms with Gasteiger partial charge < -0.3 is 9.47 Å². The summed E-state index contributed by atoms with van der Waals surface area (Å²) < 4.78 is 10.9. The van der Waals surface area contributed by atoms with Crippen molar-refractivity contribution in [1.82, 2.24) is 0 Å². The number of rotatable bonds is 3. The van der Waals surface area contributed by atoms with Gasteiger partial charge in [0.15, 0.2) is 0 Å². The third-order valence-corrected chi connectivity index (χ3v) is 2.66. The van der Waals surface area contributed by atoms with Crippen LogP contribution < -0.4 is 4.74 Å². The second kappa shape index (κ2) is 3.28. The van der Waals surface area contributed by atoms with Crippen molar-refractivity contribution in [3.8, 4) is 5.75 Å². The van der Waals surface area contributed by atoms with Gasteiger partial charge >= 0.3 is 0 Å². The van der Waals surface area contributed by atoms with Gasteiger partial charge in [0.2, 0.25) is 0 Å². The van der Waals surface area contributed by atoms with E-state index in [1.165, 1.54) is 11.1 Å². The van der Waals surface area contributed by atoms with Crippen LogP contribution in [0.25, 0.3) is 0 Å². The zero-order chi connectivity index (χ0) is 10.2. The lowest BCUT2D eigenvalue weighted by atomic mass is 10.1. The van der Waals surface area contributed by atoms with Crippen LogP contribution in [0.4, 0.5) is 0 Å². The fourth-order valence-electron chi connectivity index (χ4n) is 1.25. The summed E-state index contributed by atoms with van der Waals surface area (Å²) in [5.41, 5.74) is 2.54. The van der Waals surface area contributed by atoms with Gasteiger partial charge in [0.25, 0.3) is 0 Å². The van der Waals surface area contributed by atoms with Crippen LogP contribution in [0.3, 0.4) is 0 Å². The van der Waals surface area contributed by atoms with E-state index in [0.717, 1.165) is 12.4 Å². The molecule has 0 aliphatic carbocycles. The molecule has 1 atom stereocenters. The minimum absolute atomic E-state index is 0.0290. The molecule has 14 heavy (non-hydrogen) atoms. The highest BCUT2D eigenvalue weighted by atomic mass is 16.6. The van der Waals surface area contributed by atoms with Crippen LogP contribution in [0.15, 0.2) is 18.2 Å². The lowest BCUT2D eigenvalue weighted by Gasteiger charge is -2.10. The van der Waals surface area contributed by atoms with Crippen molar-refractivity contribution >= 4 is 0 Å². The molecule has 1 heterocycles. The molecular formula is C12H16O2. The van der Waals surface area contributed by atoms with Crippen molar-refractivity contribution in [2.75, 3.05) is 13.2 Å². The third-order valence-electron chi connectivity index (χ3n) is 2.66. The lowest BCUT2D eigenvalue weighted by Crippen LogP contribution is -2.16. The Hall–Kier alpha value is -1.02. The van der Waals surface area contributed by atoms with Crippen molar-refractivity contribution in [3.05, 3.63) is 29.3 Å². The molecule has 76 valence electrons. The topological polar surface area (TPSA) is 21.8 Å². The number of aryl methyl sites for hydroxylation is 2. The van der Waals surface area contributed by atoms with Gasteiger partial charge in [0.05, 0.1) is 6.61 Å². The highest BCUT2D eigenvalue weighted by Gasteiger charge is 2.40. The van der Waals surface area contributed by atoms with Crippen molar-refractivity contribution in [2.24, 2.45) is 0 Å². The summed E-state index contributed by atoms with van der Waals surface area (Å²) in [4.78, 5) is 0. The van der Waals surface area contributed by atoms with Crippen molar-refractivity contribution < 1.29 is 9.47 Å². The van der Waals surface area contributed by atoms with Gasteiger partial charge in [-0.15, -0.1) is 0 Å². The molecule has 0 saturated carbocycles. The minimum atomic E-state index is -0.0290. The quantitative estimate of drug-likeness (QED) is 0.686. The summed E-state index contributed by atoms with van der Waals surface area (Å²) >= 11 is 0. The van der Waals surface area contributed by atoms with E-state index >= 15 is 0 Å². The number of hydrogen-bond acceptors (Lipinski definition) is 2. The first-order valence-electron chi connectivity index (χ1n) is 4.93. The Balaban J connectivity index is 1.99. The Labute approximate surface area is 84.8 Å². The van der Waals surface area contributed by atoms with Crippen molar-refractivity contribution in [3.63, 3.8) is 0 Å². The summed E-state index contributed by atoms with van der Waals surface area (Å²) in [5, 5.41) is 0. The molecule has 1 aromatic carbocycles. The predicted octanol–water partition coefficient (Wildman–Crippen LogP) is 2.47. The molecule has 1 aliphatic heterocycles. The highest BCUT2D eigenvalue weighted by Crippen LogP contribution is 2.27. The number of ether oxygens (including phenoxy) is 2. The van der Waals surface area contributed by atoms with E-state index in [2.05, 4.69) is 32.9 Å². The third kappa shape index (κ3) is 2.07. The van der Waals surface area contributed by atoms with Gasteiger partial charge in [-0.3, -0.25) is 0 Å². The van der Waals surface area contributed by atoms with Crippen molar-refractivity contribution in [1.29, 1.82) is 0 Å². The van der Waals surface area contributed by atoms with E-state index in [-0.39, 0.29) is 5.60 Å². The predicted molar refractivity (Wildman–Crippen MR) is 55.8 cm³/mol. The monoisotopic (exact) mass is 192 g/mol. The number of hydrogen-bond donors (Lipinski definition) is 0. The van der Waals surface area contributed by atoms with Gasteiger partial charge in [-0.2, -0.15) is 0 Å². The molecule has 0 spiro atoms. The summed E-state index contributed by atoms with van der Waals surface area (Å²) in [6, 6.07) is 6.16. The molecule has 0 radical (unpaired) electrons. The first kappa shape index (κ1) is 9.53. The van der Waals surface area contributed by atoms with Crippen LogP contribution in [0.5, 0.6) is 5.75 Å². The standard InChI is InChI=1S/C12H16O2/c1-9-4-5-11(6-10(9)2)13-7-12(3)8-14-12/h4-6H,7-8H2,1-3H3. The van der Waals surface area contributed by atoms with Gasteiger partial charge in [0.1, 0.15) is 18.0 Å². The Kier molecular flexibility index (Phi) is 2.23. The summed E-state index contributed by atoms with van der Waals surface area (Å²) in [6.07, 6.45) is 0. The maximum Gasteiger partial charge on any atom is 0.123 e. The maximum atomic E-state index is 5.64. The van der Waals surface area contributed by atoms with Crippen LogP contribution in [0.2, 0.25) is 0 Å². The minimum Gasteiger partial charge on any atom is -0.490 e. The van der Waals surface area contributed by atoms with E-state index in [4.69, 9.17) is 9.47 Å². The van der Waals surface area contributed by atoms with E-state index in [0.29, 0.717) is 6.61 Å². The first-order valence-corrected chi connectivity index (χ1v) is 4.93. The molecule has 0 aromatic heterocycles. The van der Waals surface area contributed by atoms with E-state index in [1.807, 2.05) is 6.07 Å². The molecule has 2 nitrogen and oxygen atoms in total. The molecule has 0 bridgehead atoms. The smallest absolute Gasteiger partial charge is 0.123 e. The van der Waals surface area contributed by atoms with E-state index in [1.54, 1.807) is 0 Å². The second-order valence-corrected chi connectivity index (χ2v) is 4.27. The van der Waals surface area contributed by atoms with Gasteiger partial charge in [-0.1, -0.05) is 6.07 Å². The van der Waals surface area contributed by atoms with Crippen LogP contribution in [0.1, 0.15) is 18.1 Å². The Morgan fingerprint density at radius 2 is 2.07 bits per heavy atom. The van der Waals surface area contributed by atoms with Crippen molar-refractivity contribution in [2.45, 2.75) is 26.4 Å². The average molecular weight is 192 g/mol. The van der Waals surface area contributed by atoms with Gasteiger partial charge in [0, 0.05) is 0 Å². The SMILES string of the molecule is Cc1ccc(OCC2(C)CO2)cc1C. The van der Waals surface area contributed by atoms with Gasteiger partial charge in [-0.25, -0.2) is 0 Å². The van der Waals surface area contributed by atoms with E-state index in [9.17, 15) is 0 Å². The number of epoxide rings is 1. The highest BCUT2D eigenvalue weighted by molar-refractivity contribution is 5.33. The molecule has 0 amide bonds.